The van der Waals surface area contributed by atoms with Gasteiger partial charge in [0.1, 0.15) is 0 Å². The number of imidazole rings is 1. The number of aromatic nitrogens is 4. The van der Waals surface area contributed by atoms with Crippen molar-refractivity contribution in [1.82, 2.24) is 24.1 Å². The van der Waals surface area contributed by atoms with Crippen LogP contribution < -0.4 is 0 Å². The van der Waals surface area contributed by atoms with E-state index in [9.17, 15) is 8.42 Å². The predicted octanol–water partition coefficient (Wildman–Crippen LogP) is 2.68. The van der Waals surface area contributed by atoms with E-state index < -0.39 is 10.0 Å². The van der Waals surface area contributed by atoms with Gasteiger partial charge in [-0.25, -0.2) is 13.4 Å². The van der Waals surface area contributed by atoms with Crippen LogP contribution in [0.5, 0.6) is 0 Å². The first kappa shape index (κ1) is 17.9. The van der Waals surface area contributed by atoms with Crippen LogP contribution in [-0.2, 0) is 16.6 Å². The minimum atomic E-state index is -3.50. The topological polar surface area (TPSA) is 83.9 Å². The highest BCUT2D eigenvalue weighted by molar-refractivity contribution is 7.89. The van der Waals surface area contributed by atoms with Crippen molar-refractivity contribution in [3.05, 3.63) is 54.9 Å². The van der Waals surface area contributed by atoms with Crippen LogP contribution in [0.1, 0.15) is 18.4 Å². The largest absolute Gasteiger partial charge is 0.337 e. The third-order valence-corrected chi connectivity index (χ3v) is 7.02. The van der Waals surface area contributed by atoms with Gasteiger partial charge >= 0.3 is 0 Å². The lowest BCUT2D eigenvalue weighted by Crippen LogP contribution is -2.41. The fourth-order valence-electron chi connectivity index (χ4n) is 3.75. The summed E-state index contributed by atoms with van der Waals surface area (Å²) in [6.45, 7) is 3.85. The summed E-state index contributed by atoms with van der Waals surface area (Å²) in [5.74, 6) is 0.300. The Morgan fingerprint density at radius 2 is 2.22 bits per heavy atom. The first-order valence-corrected chi connectivity index (χ1v) is 10.5. The minimum absolute atomic E-state index is 0.300. The van der Waals surface area contributed by atoms with Crippen molar-refractivity contribution in [2.75, 3.05) is 13.1 Å². The molecule has 7 nitrogen and oxygen atoms in total. The molecular weight excluding hydrogens is 362 g/mol. The van der Waals surface area contributed by atoms with E-state index in [1.807, 2.05) is 30.0 Å². The number of aryl methyl sites for hydroxylation is 1. The average Bonchev–Trinajstić information content (AvgIpc) is 3.36. The highest BCUT2D eigenvalue weighted by Crippen LogP contribution is 2.29. The Balaban J connectivity index is 1.54. The van der Waals surface area contributed by atoms with E-state index in [4.69, 9.17) is 0 Å². The molecule has 0 aliphatic carbocycles. The maximum absolute atomic E-state index is 13.2. The highest BCUT2D eigenvalue weighted by atomic mass is 32.2. The molecule has 0 saturated carbocycles. The monoisotopic (exact) mass is 385 g/mol. The fraction of sp³-hybridized carbons (Fsp3) is 0.368. The van der Waals surface area contributed by atoms with Crippen molar-refractivity contribution in [3.8, 4) is 11.1 Å². The number of nitrogens with one attached hydrogen (secondary N) is 1. The van der Waals surface area contributed by atoms with E-state index in [2.05, 4.69) is 15.2 Å². The molecule has 8 heteroatoms. The molecule has 1 aliphatic rings. The first-order valence-electron chi connectivity index (χ1n) is 9.10. The SMILES string of the molecule is Cc1cc(S(=O)(=O)N2CCCC(Cn3ccnc3)C2)ccc1-c1cn[nH]c1. The summed E-state index contributed by atoms with van der Waals surface area (Å²) in [7, 11) is -3.50. The molecule has 0 bridgehead atoms. The Bertz CT molecular complexity index is 997. The van der Waals surface area contributed by atoms with Crippen molar-refractivity contribution in [1.29, 1.82) is 0 Å². The second-order valence-electron chi connectivity index (χ2n) is 7.09. The molecular formula is C19H23N5O2S. The van der Waals surface area contributed by atoms with Crippen LogP contribution in [0.15, 0.2) is 54.2 Å². The Kier molecular flexibility index (Phi) is 4.84. The minimum Gasteiger partial charge on any atom is -0.337 e. The molecule has 3 heterocycles. The molecule has 1 atom stereocenters. The zero-order chi connectivity index (χ0) is 18.9. The quantitative estimate of drug-likeness (QED) is 0.732. The molecule has 27 heavy (non-hydrogen) atoms. The number of nitrogens with zero attached hydrogens (tertiary/aromatic N) is 4. The van der Waals surface area contributed by atoms with Gasteiger partial charge < -0.3 is 4.57 Å². The first-order chi connectivity index (χ1) is 13.0. The molecule has 3 aromatic rings. The zero-order valence-corrected chi connectivity index (χ0v) is 16.1. The Morgan fingerprint density at radius 1 is 1.33 bits per heavy atom. The van der Waals surface area contributed by atoms with Crippen LogP contribution in [0.2, 0.25) is 0 Å². The van der Waals surface area contributed by atoms with E-state index in [0.29, 0.717) is 23.9 Å². The van der Waals surface area contributed by atoms with Gasteiger partial charge in [-0.1, -0.05) is 6.07 Å². The third kappa shape index (κ3) is 3.68. The molecule has 1 unspecified atom stereocenters. The summed E-state index contributed by atoms with van der Waals surface area (Å²) in [6.07, 6.45) is 10.9. The maximum atomic E-state index is 13.2. The number of rotatable bonds is 5. The van der Waals surface area contributed by atoms with Crippen LogP contribution >= 0.6 is 0 Å². The van der Waals surface area contributed by atoms with Gasteiger partial charge in [0, 0.05) is 43.8 Å². The van der Waals surface area contributed by atoms with E-state index >= 15 is 0 Å². The standard InChI is InChI=1S/C19H23N5O2S/c1-15-9-18(4-5-19(15)17-10-21-22-11-17)27(25,26)24-7-2-3-16(13-24)12-23-8-6-20-14-23/h4-6,8-11,14,16H,2-3,7,12-13H2,1H3,(H,21,22). The van der Waals surface area contributed by atoms with Crippen molar-refractivity contribution < 1.29 is 8.42 Å². The van der Waals surface area contributed by atoms with Crippen molar-refractivity contribution in [2.24, 2.45) is 5.92 Å². The number of aromatic amines is 1. The van der Waals surface area contributed by atoms with Gasteiger partial charge in [0.25, 0.3) is 0 Å². The number of H-pyrrole nitrogens is 1. The summed E-state index contributed by atoms with van der Waals surface area (Å²) >= 11 is 0. The summed E-state index contributed by atoms with van der Waals surface area (Å²) in [4.78, 5) is 4.42. The van der Waals surface area contributed by atoms with E-state index in [0.717, 1.165) is 36.1 Å². The van der Waals surface area contributed by atoms with Gasteiger partial charge in [0.2, 0.25) is 10.0 Å². The van der Waals surface area contributed by atoms with E-state index in [-0.39, 0.29) is 0 Å². The summed E-state index contributed by atoms with van der Waals surface area (Å²) in [6, 6.07) is 5.32. The van der Waals surface area contributed by atoms with Gasteiger partial charge in [-0.05, 0) is 48.9 Å². The number of piperidine rings is 1. The molecule has 142 valence electrons. The Morgan fingerprint density at radius 3 is 2.93 bits per heavy atom. The molecule has 1 aromatic carbocycles. The molecule has 4 rings (SSSR count). The van der Waals surface area contributed by atoms with Gasteiger partial charge in [0.05, 0.1) is 17.4 Å². The maximum Gasteiger partial charge on any atom is 0.243 e. The molecule has 0 spiro atoms. The Hall–Kier alpha value is -2.45. The fourth-order valence-corrected chi connectivity index (χ4v) is 5.40. The van der Waals surface area contributed by atoms with E-state index in [1.165, 1.54) is 0 Å². The number of hydrogen-bond donors (Lipinski definition) is 1. The van der Waals surface area contributed by atoms with Crippen LogP contribution in [0.4, 0.5) is 0 Å². The molecule has 1 saturated heterocycles. The lowest BCUT2D eigenvalue weighted by Gasteiger charge is -2.32. The zero-order valence-electron chi connectivity index (χ0n) is 15.2. The Labute approximate surface area is 159 Å². The average molecular weight is 385 g/mol. The van der Waals surface area contributed by atoms with Crippen LogP contribution in [-0.4, -0.2) is 45.6 Å². The van der Waals surface area contributed by atoms with Gasteiger partial charge in [0.15, 0.2) is 0 Å². The van der Waals surface area contributed by atoms with Crippen LogP contribution in [0, 0.1) is 12.8 Å². The van der Waals surface area contributed by atoms with Crippen molar-refractivity contribution >= 4 is 10.0 Å². The molecule has 1 N–H and O–H groups in total. The van der Waals surface area contributed by atoms with Gasteiger partial charge in [-0.15, -0.1) is 0 Å². The van der Waals surface area contributed by atoms with Gasteiger partial charge in [-0.2, -0.15) is 9.40 Å². The van der Waals surface area contributed by atoms with E-state index in [1.54, 1.807) is 35.2 Å². The van der Waals surface area contributed by atoms with Gasteiger partial charge in [-0.3, -0.25) is 5.10 Å². The lowest BCUT2D eigenvalue weighted by atomic mass is 10.00. The molecule has 0 radical (unpaired) electrons. The second kappa shape index (κ2) is 7.28. The van der Waals surface area contributed by atoms with Crippen LogP contribution in [0.25, 0.3) is 11.1 Å². The molecule has 2 aromatic heterocycles. The number of hydrogen-bond acceptors (Lipinski definition) is 4. The number of sulfonamides is 1. The normalized spacial score (nSPS) is 18.6. The van der Waals surface area contributed by atoms with Crippen LogP contribution in [0.3, 0.4) is 0 Å². The number of benzene rings is 1. The second-order valence-corrected chi connectivity index (χ2v) is 9.03. The summed E-state index contributed by atoms with van der Waals surface area (Å²) in [5.41, 5.74) is 2.86. The molecule has 1 fully saturated rings. The smallest absolute Gasteiger partial charge is 0.243 e. The lowest BCUT2D eigenvalue weighted by molar-refractivity contribution is 0.245. The predicted molar refractivity (Wildman–Crippen MR) is 102 cm³/mol. The summed E-state index contributed by atoms with van der Waals surface area (Å²) in [5, 5.41) is 6.76. The summed E-state index contributed by atoms with van der Waals surface area (Å²) < 4.78 is 30.0. The van der Waals surface area contributed by atoms with Crippen molar-refractivity contribution in [3.63, 3.8) is 0 Å². The highest BCUT2D eigenvalue weighted by Gasteiger charge is 2.30. The molecule has 1 aliphatic heterocycles. The van der Waals surface area contributed by atoms with Crippen molar-refractivity contribution in [2.45, 2.75) is 31.2 Å². The molecule has 0 amide bonds. The third-order valence-electron chi connectivity index (χ3n) is 5.15.